The first-order valence-corrected chi connectivity index (χ1v) is 19.9. The molecule has 1 aromatic carbocycles. The van der Waals surface area contributed by atoms with E-state index in [0.29, 0.717) is 0 Å². The number of rotatable bonds is 4. The van der Waals surface area contributed by atoms with Crippen LogP contribution >= 0.6 is 0 Å². The summed E-state index contributed by atoms with van der Waals surface area (Å²) in [5, 5.41) is 0. The van der Waals surface area contributed by atoms with E-state index < -0.39 is 27.2 Å². The normalized spacial score (nSPS) is 12.4. The SMILES string of the molecule is [CH3][Ge]([CH3])([CH3])[O]c1ccc([O][Ge]([CH3])([CH3])[CH3])cc1. The van der Waals surface area contributed by atoms with Crippen molar-refractivity contribution in [3.8, 4) is 11.5 Å². The topological polar surface area (TPSA) is 18.5 Å². The van der Waals surface area contributed by atoms with Gasteiger partial charge in [0.1, 0.15) is 0 Å². The van der Waals surface area contributed by atoms with Crippen LogP contribution in [-0.4, -0.2) is 27.2 Å². The van der Waals surface area contributed by atoms with Crippen molar-refractivity contribution in [2.24, 2.45) is 0 Å². The minimum absolute atomic E-state index is 0.973. The maximum atomic E-state index is 5.93. The molecule has 0 saturated heterocycles. The van der Waals surface area contributed by atoms with Crippen LogP contribution in [0.4, 0.5) is 0 Å². The summed E-state index contributed by atoms with van der Waals surface area (Å²) < 4.78 is 11.9. The zero-order valence-corrected chi connectivity index (χ0v) is 15.3. The van der Waals surface area contributed by atoms with Crippen molar-refractivity contribution in [3.05, 3.63) is 24.3 Å². The molecule has 2 nitrogen and oxygen atoms in total. The predicted octanol–water partition coefficient (Wildman–Crippen LogP) is 4.11. The Balaban J connectivity index is 2.69. The fraction of sp³-hybridized carbons (Fsp3) is 0.500. The third-order valence-corrected chi connectivity index (χ3v) is 5.23. The molecule has 0 amide bonds. The first-order valence-electron chi connectivity index (χ1n) is 5.64. The zero-order chi connectivity index (χ0) is 12.4. The molecular weight excluding hydrogens is 321 g/mol. The first kappa shape index (κ1) is 14.0. The van der Waals surface area contributed by atoms with Gasteiger partial charge in [-0.05, 0) is 0 Å². The monoisotopic (exact) mass is 346 g/mol. The van der Waals surface area contributed by atoms with Crippen molar-refractivity contribution in [1.82, 2.24) is 0 Å². The molecule has 90 valence electrons. The molecule has 0 bridgehead atoms. The summed E-state index contributed by atoms with van der Waals surface area (Å²) >= 11 is -3.92. The molecule has 0 saturated carbocycles. The summed E-state index contributed by atoms with van der Waals surface area (Å²) in [4.78, 5) is 0. The van der Waals surface area contributed by atoms with Crippen LogP contribution in [0.15, 0.2) is 24.3 Å². The second-order valence-electron chi connectivity index (χ2n) is 5.90. The average molecular weight is 344 g/mol. The molecule has 0 aliphatic heterocycles. The van der Waals surface area contributed by atoms with Gasteiger partial charge < -0.3 is 0 Å². The van der Waals surface area contributed by atoms with Crippen molar-refractivity contribution in [2.75, 3.05) is 0 Å². The molecule has 0 aliphatic rings. The first-order chi connectivity index (χ1) is 7.16. The van der Waals surface area contributed by atoms with Gasteiger partial charge in [-0.15, -0.1) is 0 Å². The summed E-state index contributed by atoms with van der Waals surface area (Å²) in [6.07, 6.45) is 0. The second kappa shape index (κ2) is 5.04. The molecular formula is C12H22Ge2O2. The molecule has 0 unspecified atom stereocenters. The number of hydrogen-bond acceptors (Lipinski definition) is 2. The van der Waals surface area contributed by atoms with Crippen molar-refractivity contribution < 1.29 is 7.53 Å². The van der Waals surface area contributed by atoms with Gasteiger partial charge in [0.2, 0.25) is 0 Å². The fourth-order valence-electron chi connectivity index (χ4n) is 1.28. The van der Waals surface area contributed by atoms with Gasteiger partial charge >= 0.3 is 105 Å². The van der Waals surface area contributed by atoms with Crippen LogP contribution in [0.25, 0.3) is 0 Å². The number of benzene rings is 1. The Labute approximate surface area is 105 Å². The Morgan fingerprint density at radius 3 is 1.06 bits per heavy atom. The van der Waals surface area contributed by atoms with E-state index in [1.165, 1.54) is 0 Å². The molecule has 0 atom stereocenters. The van der Waals surface area contributed by atoms with E-state index in [0.717, 1.165) is 11.5 Å². The van der Waals surface area contributed by atoms with Crippen LogP contribution in [0, 0.1) is 0 Å². The van der Waals surface area contributed by atoms with Crippen molar-refractivity contribution >= 4 is 27.2 Å². The van der Waals surface area contributed by atoms with Gasteiger partial charge in [-0.2, -0.15) is 0 Å². The molecule has 4 heteroatoms. The van der Waals surface area contributed by atoms with Gasteiger partial charge in [-0.25, -0.2) is 0 Å². The fourth-order valence-corrected chi connectivity index (χ4v) is 4.82. The molecule has 16 heavy (non-hydrogen) atoms. The zero-order valence-electron chi connectivity index (χ0n) is 11.1. The van der Waals surface area contributed by atoms with Crippen LogP contribution in [0.5, 0.6) is 11.5 Å². The van der Waals surface area contributed by atoms with Crippen LogP contribution in [0.3, 0.4) is 0 Å². The van der Waals surface area contributed by atoms with Gasteiger partial charge in [-0.3, -0.25) is 0 Å². The van der Waals surface area contributed by atoms with E-state index in [1.54, 1.807) is 0 Å². The molecule has 0 aliphatic carbocycles. The standard InChI is InChI=1S/C12H22Ge2O2/c1-13(2,3)15-11-7-9-12(10-8-11)16-14(4,5)6/h7-10H,1-6H3. The van der Waals surface area contributed by atoms with Crippen LogP contribution in [0.1, 0.15) is 0 Å². The van der Waals surface area contributed by atoms with E-state index in [-0.39, 0.29) is 0 Å². The second-order valence-corrected chi connectivity index (χ2v) is 24.5. The summed E-state index contributed by atoms with van der Waals surface area (Å²) in [7, 11) is 0. The van der Waals surface area contributed by atoms with Gasteiger partial charge in [-0.1, -0.05) is 0 Å². The van der Waals surface area contributed by atoms with E-state index in [1.807, 2.05) is 24.3 Å². The third kappa shape index (κ3) is 5.85. The Kier molecular flexibility index (Phi) is 4.40. The van der Waals surface area contributed by atoms with Gasteiger partial charge in [0.25, 0.3) is 0 Å². The molecule has 1 rings (SSSR count). The minimum atomic E-state index is -1.96. The quantitative estimate of drug-likeness (QED) is 0.766. The Morgan fingerprint density at radius 1 is 0.625 bits per heavy atom. The van der Waals surface area contributed by atoms with Crippen molar-refractivity contribution in [1.29, 1.82) is 0 Å². The molecule has 0 spiro atoms. The van der Waals surface area contributed by atoms with E-state index in [9.17, 15) is 0 Å². The Morgan fingerprint density at radius 2 is 0.875 bits per heavy atom. The molecule has 1 aromatic rings. The predicted molar refractivity (Wildman–Crippen MR) is 74.4 cm³/mol. The summed E-state index contributed by atoms with van der Waals surface area (Å²) in [5.74, 6) is 15.3. The Hall–Kier alpha value is -0.0943. The number of hydrogen-bond donors (Lipinski definition) is 0. The molecule has 0 aromatic heterocycles. The molecule has 0 radical (unpaired) electrons. The summed E-state index contributed by atoms with van der Waals surface area (Å²) in [6, 6.07) is 8.05. The van der Waals surface area contributed by atoms with E-state index in [2.05, 4.69) is 34.5 Å². The molecule has 0 N–H and O–H groups in total. The van der Waals surface area contributed by atoms with E-state index in [4.69, 9.17) is 7.53 Å². The van der Waals surface area contributed by atoms with Crippen LogP contribution in [0.2, 0.25) is 34.5 Å². The van der Waals surface area contributed by atoms with Crippen molar-refractivity contribution in [3.63, 3.8) is 0 Å². The summed E-state index contributed by atoms with van der Waals surface area (Å²) in [6.45, 7) is 0. The molecule has 0 fully saturated rings. The maximum absolute atomic E-state index is 5.93. The van der Waals surface area contributed by atoms with Crippen LogP contribution < -0.4 is 7.53 Å². The Bertz CT molecular complexity index is 299. The van der Waals surface area contributed by atoms with Gasteiger partial charge in [0, 0.05) is 0 Å². The van der Waals surface area contributed by atoms with Crippen molar-refractivity contribution in [2.45, 2.75) is 34.5 Å². The van der Waals surface area contributed by atoms with E-state index >= 15 is 0 Å². The van der Waals surface area contributed by atoms with Crippen LogP contribution in [-0.2, 0) is 0 Å². The molecule has 0 heterocycles. The average Bonchev–Trinajstić information content (AvgIpc) is 2.03. The van der Waals surface area contributed by atoms with Gasteiger partial charge in [0.15, 0.2) is 0 Å². The van der Waals surface area contributed by atoms with Gasteiger partial charge in [0.05, 0.1) is 0 Å². The summed E-state index contributed by atoms with van der Waals surface area (Å²) in [5.41, 5.74) is 0. The third-order valence-electron chi connectivity index (χ3n) is 1.67.